The molecule has 0 amide bonds. The normalized spacial score (nSPS) is 18.8. The van der Waals surface area contributed by atoms with Crippen molar-refractivity contribution in [3.05, 3.63) is 35.8 Å². The van der Waals surface area contributed by atoms with Crippen LogP contribution in [0.5, 0.6) is 0 Å². The summed E-state index contributed by atoms with van der Waals surface area (Å²) in [5, 5.41) is 6.83. The number of pyridine rings is 1. The third kappa shape index (κ3) is 5.45. The zero-order valence-corrected chi connectivity index (χ0v) is 17.0. The van der Waals surface area contributed by atoms with Gasteiger partial charge in [0.25, 0.3) is 0 Å². The molecule has 1 fully saturated rings. The third-order valence-corrected chi connectivity index (χ3v) is 5.48. The molecule has 3 heterocycles. The number of hydrogen-bond acceptors (Lipinski definition) is 3. The van der Waals surface area contributed by atoms with Crippen LogP contribution in [0.2, 0.25) is 0 Å². The van der Waals surface area contributed by atoms with E-state index in [0.29, 0.717) is 0 Å². The van der Waals surface area contributed by atoms with E-state index < -0.39 is 0 Å². The first-order chi connectivity index (χ1) is 13.2. The van der Waals surface area contributed by atoms with Crippen molar-refractivity contribution in [2.24, 2.45) is 4.99 Å². The number of aromatic nitrogens is 2. The SMILES string of the molecule is CN=C(NCCCN1CCCCC1C)NCCc1cn2cccc(C)c2n1. The smallest absolute Gasteiger partial charge is 0.190 e. The number of aliphatic imine (C=N–C) groups is 1. The Balaban J connectivity index is 1.36. The van der Waals surface area contributed by atoms with Crippen LogP contribution in [-0.4, -0.2) is 59.5 Å². The quantitative estimate of drug-likeness (QED) is 0.447. The minimum absolute atomic E-state index is 0.741. The van der Waals surface area contributed by atoms with Gasteiger partial charge in [-0.05, 0) is 51.3 Å². The van der Waals surface area contributed by atoms with E-state index in [-0.39, 0.29) is 0 Å². The number of guanidine groups is 1. The highest BCUT2D eigenvalue weighted by atomic mass is 15.2. The summed E-state index contributed by atoms with van der Waals surface area (Å²) in [5.74, 6) is 0.877. The van der Waals surface area contributed by atoms with Crippen LogP contribution in [0.15, 0.2) is 29.5 Å². The number of rotatable bonds is 7. The molecule has 2 aromatic heterocycles. The maximum atomic E-state index is 4.73. The Labute approximate surface area is 163 Å². The number of likely N-dealkylation sites (tertiary alicyclic amines) is 1. The van der Waals surface area contributed by atoms with E-state index in [1.165, 1.54) is 37.9 Å². The Morgan fingerprint density at radius 3 is 2.93 bits per heavy atom. The van der Waals surface area contributed by atoms with E-state index in [9.17, 15) is 0 Å². The van der Waals surface area contributed by atoms with Crippen molar-refractivity contribution >= 4 is 11.6 Å². The van der Waals surface area contributed by atoms with Crippen molar-refractivity contribution in [1.82, 2.24) is 24.9 Å². The summed E-state index contributed by atoms with van der Waals surface area (Å²) in [4.78, 5) is 11.7. The second-order valence-electron chi connectivity index (χ2n) is 7.56. The molecular weight excluding hydrogens is 336 g/mol. The number of imidazole rings is 1. The van der Waals surface area contributed by atoms with Gasteiger partial charge in [0.05, 0.1) is 5.69 Å². The fourth-order valence-corrected chi connectivity index (χ4v) is 3.83. The predicted molar refractivity (Wildman–Crippen MR) is 113 cm³/mol. The van der Waals surface area contributed by atoms with Crippen molar-refractivity contribution < 1.29 is 0 Å². The summed E-state index contributed by atoms with van der Waals surface area (Å²) >= 11 is 0. The molecule has 148 valence electrons. The van der Waals surface area contributed by atoms with Crippen molar-refractivity contribution in [2.75, 3.05) is 33.2 Å². The van der Waals surface area contributed by atoms with Gasteiger partial charge >= 0.3 is 0 Å². The molecule has 0 saturated carbocycles. The van der Waals surface area contributed by atoms with Gasteiger partial charge in [0.15, 0.2) is 5.96 Å². The van der Waals surface area contributed by atoms with E-state index in [0.717, 1.165) is 49.3 Å². The lowest BCUT2D eigenvalue weighted by molar-refractivity contribution is 0.159. The molecule has 1 atom stereocenters. The van der Waals surface area contributed by atoms with Gasteiger partial charge in [0.1, 0.15) is 5.65 Å². The minimum Gasteiger partial charge on any atom is -0.356 e. The molecule has 0 spiro atoms. The topological polar surface area (TPSA) is 57.0 Å². The monoisotopic (exact) mass is 370 g/mol. The molecule has 6 heteroatoms. The van der Waals surface area contributed by atoms with E-state index in [1.54, 1.807) is 0 Å². The van der Waals surface area contributed by atoms with E-state index in [1.807, 2.05) is 7.05 Å². The van der Waals surface area contributed by atoms with Crippen molar-refractivity contribution in [3.63, 3.8) is 0 Å². The van der Waals surface area contributed by atoms with Crippen LogP contribution < -0.4 is 10.6 Å². The van der Waals surface area contributed by atoms with Gasteiger partial charge in [-0.2, -0.15) is 0 Å². The summed E-state index contributed by atoms with van der Waals surface area (Å²) in [5.41, 5.74) is 3.35. The fourth-order valence-electron chi connectivity index (χ4n) is 3.83. The molecule has 1 unspecified atom stereocenters. The second-order valence-corrected chi connectivity index (χ2v) is 7.56. The number of nitrogens with one attached hydrogen (secondary N) is 2. The fraction of sp³-hybridized carbons (Fsp3) is 0.619. The van der Waals surface area contributed by atoms with E-state index >= 15 is 0 Å². The first kappa shape index (κ1) is 19.7. The number of nitrogens with zero attached hydrogens (tertiary/aromatic N) is 4. The Bertz CT molecular complexity index is 750. The molecule has 1 saturated heterocycles. The molecule has 2 N–H and O–H groups in total. The molecule has 1 aliphatic heterocycles. The van der Waals surface area contributed by atoms with Gasteiger partial charge in [0, 0.05) is 51.5 Å². The van der Waals surface area contributed by atoms with Crippen LogP contribution in [-0.2, 0) is 6.42 Å². The van der Waals surface area contributed by atoms with E-state index in [4.69, 9.17) is 4.98 Å². The second kappa shape index (κ2) is 9.74. The van der Waals surface area contributed by atoms with Crippen LogP contribution in [0.4, 0.5) is 0 Å². The maximum absolute atomic E-state index is 4.73. The summed E-state index contributed by atoms with van der Waals surface area (Å²) in [7, 11) is 1.83. The van der Waals surface area contributed by atoms with Crippen LogP contribution >= 0.6 is 0 Å². The molecule has 6 nitrogen and oxygen atoms in total. The lowest BCUT2D eigenvalue weighted by Gasteiger charge is -2.33. The molecule has 0 bridgehead atoms. The predicted octanol–water partition coefficient (Wildman–Crippen LogP) is 2.61. The average Bonchev–Trinajstić information content (AvgIpc) is 3.09. The zero-order valence-electron chi connectivity index (χ0n) is 17.0. The molecule has 27 heavy (non-hydrogen) atoms. The Hall–Kier alpha value is -2.08. The lowest BCUT2D eigenvalue weighted by atomic mass is 10.0. The largest absolute Gasteiger partial charge is 0.356 e. The lowest BCUT2D eigenvalue weighted by Crippen LogP contribution is -2.41. The molecular formula is C21H34N6. The van der Waals surface area contributed by atoms with Crippen molar-refractivity contribution in [2.45, 2.75) is 52.0 Å². The number of hydrogen-bond donors (Lipinski definition) is 2. The molecule has 2 aromatic rings. The number of aryl methyl sites for hydroxylation is 1. The Morgan fingerprint density at radius 1 is 1.30 bits per heavy atom. The minimum atomic E-state index is 0.741. The number of fused-ring (bicyclic) bond motifs is 1. The van der Waals surface area contributed by atoms with Gasteiger partial charge < -0.3 is 19.9 Å². The van der Waals surface area contributed by atoms with E-state index in [2.05, 4.69) is 63.3 Å². The highest BCUT2D eigenvalue weighted by Gasteiger charge is 2.17. The van der Waals surface area contributed by atoms with Gasteiger partial charge in [0.2, 0.25) is 0 Å². The van der Waals surface area contributed by atoms with Crippen LogP contribution in [0.25, 0.3) is 5.65 Å². The zero-order chi connectivity index (χ0) is 19.1. The van der Waals surface area contributed by atoms with Gasteiger partial charge in [-0.3, -0.25) is 4.99 Å². The summed E-state index contributed by atoms with van der Waals surface area (Å²) < 4.78 is 2.10. The van der Waals surface area contributed by atoms with Crippen LogP contribution in [0.1, 0.15) is 43.9 Å². The highest BCUT2D eigenvalue weighted by molar-refractivity contribution is 5.79. The molecule has 1 aliphatic rings. The Kier molecular flexibility index (Phi) is 7.10. The first-order valence-corrected chi connectivity index (χ1v) is 10.3. The van der Waals surface area contributed by atoms with Crippen LogP contribution in [0.3, 0.4) is 0 Å². The van der Waals surface area contributed by atoms with Gasteiger partial charge in [-0.25, -0.2) is 4.98 Å². The Morgan fingerprint density at radius 2 is 2.15 bits per heavy atom. The van der Waals surface area contributed by atoms with Crippen molar-refractivity contribution in [3.8, 4) is 0 Å². The average molecular weight is 371 g/mol. The summed E-state index contributed by atoms with van der Waals surface area (Å²) in [6.07, 6.45) is 10.3. The van der Waals surface area contributed by atoms with Gasteiger partial charge in [-0.1, -0.05) is 12.5 Å². The molecule has 0 radical (unpaired) electrons. The highest BCUT2D eigenvalue weighted by Crippen LogP contribution is 2.16. The number of piperidine rings is 1. The van der Waals surface area contributed by atoms with Gasteiger partial charge in [-0.15, -0.1) is 0 Å². The first-order valence-electron chi connectivity index (χ1n) is 10.3. The molecule has 0 aliphatic carbocycles. The maximum Gasteiger partial charge on any atom is 0.190 e. The third-order valence-electron chi connectivity index (χ3n) is 5.48. The summed E-state index contributed by atoms with van der Waals surface area (Å²) in [6.45, 7) is 8.66. The van der Waals surface area contributed by atoms with Crippen molar-refractivity contribution in [1.29, 1.82) is 0 Å². The molecule has 3 rings (SSSR count). The van der Waals surface area contributed by atoms with Crippen LogP contribution in [0, 0.1) is 6.92 Å². The molecule has 0 aromatic carbocycles. The summed E-state index contributed by atoms with van der Waals surface area (Å²) in [6, 6.07) is 4.90. The standard InChI is InChI=1S/C21H34N6/c1-17-8-6-14-27-16-19(25-20(17)27)10-12-24-21(22-3)23-11-7-15-26-13-5-4-9-18(26)2/h6,8,14,16,18H,4-5,7,9-13,15H2,1-3H3,(H2,22,23,24).